The third-order valence-corrected chi connectivity index (χ3v) is 6.69. The molecular formula is C30H27N3O5. The van der Waals surface area contributed by atoms with Gasteiger partial charge in [-0.3, -0.25) is 4.79 Å². The molecule has 6 rings (SSSR count). The molecule has 2 aromatic heterocycles. The molecule has 5 aromatic rings. The van der Waals surface area contributed by atoms with E-state index in [0.29, 0.717) is 18.9 Å². The summed E-state index contributed by atoms with van der Waals surface area (Å²) in [5.41, 5.74) is 5.31. The van der Waals surface area contributed by atoms with E-state index in [2.05, 4.69) is 15.3 Å². The molecule has 0 radical (unpaired) electrons. The molecule has 192 valence electrons. The number of para-hydroxylation sites is 3. The first-order chi connectivity index (χ1) is 18.7. The van der Waals surface area contributed by atoms with Crippen molar-refractivity contribution in [2.24, 2.45) is 0 Å². The van der Waals surface area contributed by atoms with Crippen LogP contribution < -0.4 is 5.32 Å². The maximum absolute atomic E-state index is 13.2. The molecule has 3 N–H and O–H groups in total. The summed E-state index contributed by atoms with van der Waals surface area (Å²) in [7, 11) is 0. The van der Waals surface area contributed by atoms with Crippen LogP contribution in [0.3, 0.4) is 0 Å². The van der Waals surface area contributed by atoms with Gasteiger partial charge in [-0.25, -0.2) is 4.98 Å². The normalized spacial score (nSPS) is 17.3. The van der Waals surface area contributed by atoms with E-state index in [9.17, 15) is 9.90 Å². The predicted molar refractivity (Wildman–Crippen MR) is 142 cm³/mol. The van der Waals surface area contributed by atoms with Crippen molar-refractivity contribution in [3.05, 3.63) is 113 Å². The fraction of sp³-hybridized carbons (Fsp3) is 0.200. The molecular weight excluding hydrogens is 482 g/mol. The van der Waals surface area contributed by atoms with Crippen molar-refractivity contribution in [1.82, 2.24) is 15.3 Å². The van der Waals surface area contributed by atoms with Crippen molar-refractivity contribution in [3.8, 4) is 0 Å². The third-order valence-electron chi connectivity index (χ3n) is 6.69. The summed E-state index contributed by atoms with van der Waals surface area (Å²) < 4.78 is 17.9. The fourth-order valence-corrected chi connectivity index (χ4v) is 4.69. The lowest BCUT2D eigenvalue weighted by Crippen LogP contribution is -2.32. The average Bonchev–Trinajstić information content (AvgIpc) is 3.59. The van der Waals surface area contributed by atoms with Gasteiger partial charge in [-0.15, -0.1) is 0 Å². The number of H-pyrrole nitrogens is 1. The molecule has 0 spiro atoms. The molecule has 8 heteroatoms. The lowest BCUT2D eigenvalue weighted by atomic mass is 9.92. The van der Waals surface area contributed by atoms with Gasteiger partial charge in [0.05, 0.1) is 37.1 Å². The second kappa shape index (κ2) is 10.5. The molecule has 0 fully saturated rings. The number of aromatic nitrogens is 2. The summed E-state index contributed by atoms with van der Waals surface area (Å²) in [4.78, 5) is 21.0. The van der Waals surface area contributed by atoms with Crippen LogP contribution in [-0.2, 0) is 34.0 Å². The summed E-state index contributed by atoms with van der Waals surface area (Å²) in [5, 5.41) is 13.2. The highest BCUT2D eigenvalue weighted by molar-refractivity contribution is 5.92. The van der Waals surface area contributed by atoms with E-state index in [0.717, 1.165) is 38.7 Å². The Bertz CT molecular complexity index is 1570. The van der Waals surface area contributed by atoms with Crippen LogP contribution in [0.1, 0.15) is 34.9 Å². The van der Waals surface area contributed by atoms with Crippen LogP contribution >= 0.6 is 0 Å². The van der Waals surface area contributed by atoms with E-state index < -0.39 is 6.29 Å². The second-order valence-corrected chi connectivity index (χ2v) is 9.28. The van der Waals surface area contributed by atoms with Crippen molar-refractivity contribution >= 4 is 27.9 Å². The zero-order valence-corrected chi connectivity index (χ0v) is 20.6. The number of carbonyl (C=O) groups excluding carboxylic acids is 1. The Labute approximate surface area is 218 Å². The number of aliphatic hydroxyl groups is 1. The third kappa shape index (κ3) is 5.04. The van der Waals surface area contributed by atoms with Crippen LogP contribution in [-0.4, -0.2) is 27.3 Å². The number of carbonyl (C=O) groups is 1. The SMILES string of the molecule is O=C(NCc1nc2ccccc2[nH]1)C1=C[C@H](c2coc3ccccc23)C[C@H](OCc2ccc(CO)cc2)O1. The van der Waals surface area contributed by atoms with Crippen molar-refractivity contribution in [3.63, 3.8) is 0 Å². The highest BCUT2D eigenvalue weighted by atomic mass is 16.7. The van der Waals surface area contributed by atoms with Gasteiger partial charge in [-0.2, -0.15) is 0 Å². The number of furan rings is 1. The molecule has 0 saturated heterocycles. The van der Waals surface area contributed by atoms with Gasteiger partial charge >= 0.3 is 0 Å². The van der Waals surface area contributed by atoms with Crippen molar-refractivity contribution in [1.29, 1.82) is 0 Å². The van der Waals surface area contributed by atoms with E-state index >= 15 is 0 Å². The van der Waals surface area contributed by atoms with Crippen LogP contribution in [0.15, 0.2) is 95.3 Å². The molecule has 2 atom stereocenters. The zero-order chi connectivity index (χ0) is 25.9. The number of benzene rings is 3. The maximum Gasteiger partial charge on any atom is 0.286 e. The number of imidazole rings is 1. The number of hydrogen-bond acceptors (Lipinski definition) is 6. The Balaban J connectivity index is 1.21. The van der Waals surface area contributed by atoms with Crippen LogP contribution in [0.2, 0.25) is 0 Å². The van der Waals surface area contributed by atoms with Crippen LogP contribution in [0.5, 0.6) is 0 Å². The van der Waals surface area contributed by atoms with E-state index in [1.165, 1.54) is 0 Å². The summed E-state index contributed by atoms with van der Waals surface area (Å²) in [6.45, 7) is 0.532. The van der Waals surface area contributed by atoms with Crippen molar-refractivity contribution < 1.29 is 23.8 Å². The van der Waals surface area contributed by atoms with Gasteiger partial charge in [-0.1, -0.05) is 54.6 Å². The summed E-state index contributed by atoms with van der Waals surface area (Å²) in [5.74, 6) is 0.376. The largest absolute Gasteiger partial charge is 0.464 e. The van der Waals surface area contributed by atoms with E-state index in [1.807, 2.05) is 78.9 Å². The molecule has 0 unspecified atom stereocenters. The van der Waals surface area contributed by atoms with Gasteiger partial charge in [-0.05, 0) is 35.4 Å². The Morgan fingerprint density at radius 2 is 1.84 bits per heavy atom. The Morgan fingerprint density at radius 3 is 2.68 bits per heavy atom. The fourth-order valence-electron chi connectivity index (χ4n) is 4.69. The molecule has 38 heavy (non-hydrogen) atoms. The lowest BCUT2D eigenvalue weighted by Gasteiger charge is -2.29. The Hall–Kier alpha value is -4.40. The van der Waals surface area contributed by atoms with Gasteiger partial charge in [0.2, 0.25) is 6.29 Å². The first kappa shape index (κ1) is 24.0. The molecule has 3 aromatic carbocycles. The molecule has 3 heterocycles. The van der Waals surface area contributed by atoms with Gasteiger partial charge in [0.1, 0.15) is 11.4 Å². The Morgan fingerprint density at radius 1 is 1.05 bits per heavy atom. The maximum atomic E-state index is 13.2. The number of amides is 1. The standard InChI is InChI=1S/C30H27N3O5/c34-16-19-9-11-20(12-10-19)17-37-29-14-21(23-18-36-26-8-4-1-5-22(23)26)13-27(38-29)30(35)31-15-28-32-24-6-2-3-7-25(24)33-28/h1-13,18,21,29,34H,14-17H2,(H,31,35)(H,32,33)/t21-,29+/m0/s1. The lowest BCUT2D eigenvalue weighted by molar-refractivity contribution is -0.150. The minimum atomic E-state index is -0.636. The summed E-state index contributed by atoms with van der Waals surface area (Å²) >= 11 is 0. The number of fused-ring (bicyclic) bond motifs is 2. The number of nitrogens with zero attached hydrogens (tertiary/aromatic N) is 1. The number of rotatable bonds is 8. The van der Waals surface area contributed by atoms with E-state index in [-0.39, 0.29) is 30.7 Å². The van der Waals surface area contributed by atoms with Crippen LogP contribution in [0.25, 0.3) is 22.0 Å². The smallest absolute Gasteiger partial charge is 0.286 e. The minimum absolute atomic E-state index is 0.00942. The number of aromatic amines is 1. The van der Waals surface area contributed by atoms with Gasteiger partial charge in [0, 0.05) is 23.3 Å². The van der Waals surface area contributed by atoms with Crippen LogP contribution in [0.4, 0.5) is 0 Å². The molecule has 1 amide bonds. The molecule has 0 saturated carbocycles. The number of allylic oxidation sites excluding steroid dienone is 1. The van der Waals surface area contributed by atoms with Gasteiger partial charge in [0.15, 0.2) is 5.76 Å². The molecule has 1 aliphatic heterocycles. The highest BCUT2D eigenvalue weighted by Crippen LogP contribution is 2.36. The molecule has 0 bridgehead atoms. The highest BCUT2D eigenvalue weighted by Gasteiger charge is 2.30. The van der Waals surface area contributed by atoms with E-state index in [4.69, 9.17) is 13.9 Å². The first-order valence-electron chi connectivity index (χ1n) is 12.5. The van der Waals surface area contributed by atoms with Crippen molar-refractivity contribution in [2.75, 3.05) is 0 Å². The monoisotopic (exact) mass is 509 g/mol. The summed E-state index contributed by atoms with van der Waals surface area (Å²) in [6, 6.07) is 23.1. The first-order valence-corrected chi connectivity index (χ1v) is 12.5. The van der Waals surface area contributed by atoms with Crippen molar-refractivity contribution in [2.45, 2.75) is 38.4 Å². The van der Waals surface area contributed by atoms with E-state index in [1.54, 1.807) is 6.26 Å². The number of hydrogen-bond donors (Lipinski definition) is 3. The molecule has 0 aliphatic carbocycles. The van der Waals surface area contributed by atoms with Gasteiger partial charge < -0.3 is 29.3 Å². The molecule has 8 nitrogen and oxygen atoms in total. The second-order valence-electron chi connectivity index (χ2n) is 9.28. The Kier molecular flexibility index (Phi) is 6.64. The van der Waals surface area contributed by atoms with Gasteiger partial charge in [0.25, 0.3) is 5.91 Å². The number of nitrogens with one attached hydrogen (secondary N) is 2. The summed E-state index contributed by atoms with van der Waals surface area (Å²) in [6.07, 6.45) is 3.47. The molecule has 1 aliphatic rings. The topological polar surface area (TPSA) is 110 Å². The number of aliphatic hydroxyl groups excluding tert-OH is 1. The quantitative estimate of drug-likeness (QED) is 0.270. The minimum Gasteiger partial charge on any atom is -0.464 e. The zero-order valence-electron chi connectivity index (χ0n) is 20.6. The van der Waals surface area contributed by atoms with Crippen LogP contribution in [0, 0.1) is 0 Å². The predicted octanol–water partition coefficient (Wildman–Crippen LogP) is 5.05. The average molecular weight is 510 g/mol. The number of ether oxygens (including phenoxy) is 2.